The Balaban J connectivity index is 2.40. The summed E-state index contributed by atoms with van der Waals surface area (Å²) in [6.45, 7) is 2.44. The number of halogens is 1. The van der Waals surface area contributed by atoms with Crippen LogP contribution in [0.15, 0.2) is 33.4 Å². The molecule has 2 aromatic rings. The molecule has 2 rings (SSSR count). The van der Waals surface area contributed by atoms with E-state index in [2.05, 4.69) is 20.9 Å². The van der Waals surface area contributed by atoms with Crippen LogP contribution in [0.4, 0.5) is 0 Å². The van der Waals surface area contributed by atoms with Crippen molar-refractivity contribution in [1.82, 2.24) is 4.98 Å². The van der Waals surface area contributed by atoms with Gasteiger partial charge < -0.3 is 10.2 Å². The number of hydrogen-bond acceptors (Lipinski definition) is 3. The highest BCUT2D eigenvalue weighted by Crippen LogP contribution is 2.24. The summed E-state index contributed by atoms with van der Waals surface area (Å²) in [7, 11) is 0. The highest BCUT2D eigenvalue weighted by atomic mass is 79.9. The summed E-state index contributed by atoms with van der Waals surface area (Å²) in [4.78, 5) is 4.26. The third kappa shape index (κ3) is 2.11. The van der Waals surface area contributed by atoms with E-state index >= 15 is 0 Å². The molecule has 0 saturated heterocycles. The van der Waals surface area contributed by atoms with Gasteiger partial charge in [0.15, 0.2) is 0 Å². The van der Waals surface area contributed by atoms with E-state index in [4.69, 9.17) is 10.2 Å². The smallest absolute Gasteiger partial charge is 0.226 e. The number of oxazole rings is 1. The molecule has 0 bridgehead atoms. The number of rotatable bonds is 2. The van der Waals surface area contributed by atoms with Crippen LogP contribution in [-0.2, 0) is 6.54 Å². The summed E-state index contributed by atoms with van der Waals surface area (Å²) in [5.41, 5.74) is 8.36. The molecule has 0 saturated carbocycles. The van der Waals surface area contributed by atoms with E-state index in [-0.39, 0.29) is 0 Å². The molecule has 1 aromatic heterocycles. The Bertz CT molecular complexity index is 479. The van der Waals surface area contributed by atoms with Gasteiger partial charge in [0.25, 0.3) is 0 Å². The van der Waals surface area contributed by atoms with E-state index in [0.29, 0.717) is 12.4 Å². The van der Waals surface area contributed by atoms with Crippen molar-refractivity contribution in [1.29, 1.82) is 0 Å². The molecule has 0 fully saturated rings. The van der Waals surface area contributed by atoms with Gasteiger partial charge in [0.2, 0.25) is 5.89 Å². The second kappa shape index (κ2) is 4.16. The number of aromatic nitrogens is 1. The van der Waals surface area contributed by atoms with Crippen molar-refractivity contribution in [3.8, 4) is 11.5 Å². The largest absolute Gasteiger partial charge is 0.444 e. The Hall–Kier alpha value is -1.13. The Kier molecular flexibility index (Phi) is 2.88. The maximum absolute atomic E-state index is 5.46. The van der Waals surface area contributed by atoms with Crippen molar-refractivity contribution >= 4 is 15.9 Å². The molecule has 4 heteroatoms. The Morgan fingerprint density at radius 1 is 1.47 bits per heavy atom. The molecule has 0 aliphatic heterocycles. The van der Waals surface area contributed by atoms with Gasteiger partial charge in [-0.25, -0.2) is 4.98 Å². The van der Waals surface area contributed by atoms with E-state index in [1.165, 1.54) is 5.56 Å². The summed E-state index contributed by atoms with van der Waals surface area (Å²) in [6.07, 6.45) is 1.59. The molecule has 15 heavy (non-hydrogen) atoms. The molecular weight excluding hydrogens is 256 g/mol. The first-order valence-corrected chi connectivity index (χ1v) is 5.41. The summed E-state index contributed by atoms with van der Waals surface area (Å²) in [6, 6.07) is 5.99. The highest BCUT2D eigenvalue weighted by molar-refractivity contribution is 9.10. The summed E-state index contributed by atoms with van der Waals surface area (Å²) < 4.78 is 6.37. The minimum Gasteiger partial charge on any atom is -0.444 e. The summed E-state index contributed by atoms with van der Waals surface area (Å²) in [5, 5.41) is 0. The number of nitrogens with zero attached hydrogens (tertiary/aromatic N) is 1. The van der Waals surface area contributed by atoms with Gasteiger partial charge >= 0.3 is 0 Å². The fraction of sp³-hybridized carbons (Fsp3) is 0.182. The van der Waals surface area contributed by atoms with Crippen molar-refractivity contribution in [2.45, 2.75) is 13.5 Å². The van der Waals surface area contributed by atoms with Gasteiger partial charge in [0, 0.05) is 16.6 Å². The second-order valence-electron chi connectivity index (χ2n) is 3.31. The average molecular weight is 267 g/mol. The first kappa shape index (κ1) is 10.4. The average Bonchev–Trinajstić information content (AvgIpc) is 2.70. The maximum atomic E-state index is 5.46. The lowest BCUT2D eigenvalue weighted by molar-refractivity contribution is 0.572. The topological polar surface area (TPSA) is 52.0 Å². The number of hydrogen-bond donors (Lipinski definition) is 1. The van der Waals surface area contributed by atoms with Gasteiger partial charge in [0.1, 0.15) is 6.26 Å². The van der Waals surface area contributed by atoms with E-state index in [9.17, 15) is 0 Å². The van der Waals surface area contributed by atoms with Crippen LogP contribution in [-0.4, -0.2) is 4.98 Å². The van der Waals surface area contributed by atoms with Gasteiger partial charge in [0.05, 0.1) is 5.69 Å². The van der Waals surface area contributed by atoms with Crippen molar-refractivity contribution in [2.24, 2.45) is 5.73 Å². The lowest BCUT2D eigenvalue weighted by Crippen LogP contribution is -1.95. The first-order chi connectivity index (χ1) is 7.20. The Labute approximate surface area is 96.4 Å². The number of benzene rings is 1. The zero-order chi connectivity index (χ0) is 10.8. The molecule has 78 valence electrons. The summed E-state index contributed by atoms with van der Waals surface area (Å²) in [5.74, 6) is 0.608. The molecule has 0 spiro atoms. The zero-order valence-corrected chi connectivity index (χ0v) is 9.91. The third-order valence-corrected chi connectivity index (χ3v) is 3.03. The van der Waals surface area contributed by atoms with Crippen LogP contribution in [0, 0.1) is 6.92 Å². The molecule has 0 radical (unpaired) electrons. The van der Waals surface area contributed by atoms with Crippen LogP contribution in [0.25, 0.3) is 11.5 Å². The predicted octanol–water partition coefficient (Wildman–Crippen LogP) is 2.87. The van der Waals surface area contributed by atoms with E-state index in [1.807, 2.05) is 25.1 Å². The molecule has 3 nitrogen and oxygen atoms in total. The van der Waals surface area contributed by atoms with E-state index < -0.39 is 0 Å². The molecule has 0 aliphatic carbocycles. The van der Waals surface area contributed by atoms with Gasteiger partial charge in [-0.2, -0.15) is 0 Å². The van der Waals surface area contributed by atoms with Gasteiger partial charge in [-0.05, 0) is 24.6 Å². The van der Waals surface area contributed by atoms with Crippen LogP contribution >= 0.6 is 15.9 Å². The molecule has 0 amide bonds. The molecule has 1 heterocycles. The van der Waals surface area contributed by atoms with E-state index in [0.717, 1.165) is 15.7 Å². The fourth-order valence-electron chi connectivity index (χ4n) is 1.26. The van der Waals surface area contributed by atoms with Crippen molar-refractivity contribution in [3.63, 3.8) is 0 Å². The molecule has 1 aromatic carbocycles. The minimum absolute atomic E-state index is 0.399. The predicted molar refractivity (Wildman–Crippen MR) is 62.3 cm³/mol. The van der Waals surface area contributed by atoms with Crippen LogP contribution in [0.3, 0.4) is 0 Å². The molecule has 2 N–H and O–H groups in total. The zero-order valence-electron chi connectivity index (χ0n) is 8.33. The Morgan fingerprint density at radius 2 is 2.27 bits per heavy atom. The van der Waals surface area contributed by atoms with Crippen LogP contribution < -0.4 is 5.73 Å². The molecular formula is C11H11BrN2O. The van der Waals surface area contributed by atoms with Crippen LogP contribution in [0.2, 0.25) is 0 Å². The van der Waals surface area contributed by atoms with Gasteiger partial charge in [-0.3, -0.25) is 0 Å². The van der Waals surface area contributed by atoms with Crippen molar-refractivity contribution in [3.05, 3.63) is 40.2 Å². The summed E-state index contributed by atoms with van der Waals surface area (Å²) >= 11 is 3.47. The maximum Gasteiger partial charge on any atom is 0.226 e. The number of nitrogens with two attached hydrogens (primary N) is 1. The number of aryl methyl sites for hydroxylation is 1. The monoisotopic (exact) mass is 266 g/mol. The lowest BCUT2D eigenvalue weighted by Gasteiger charge is -1.99. The van der Waals surface area contributed by atoms with Crippen LogP contribution in [0.1, 0.15) is 11.3 Å². The fourth-order valence-corrected chi connectivity index (χ4v) is 1.64. The molecule has 0 aliphatic rings. The second-order valence-corrected chi connectivity index (χ2v) is 4.17. The minimum atomic E-state index is 0.399. The quantitative estimate of drug-likeness (QED) is 0.910. The lowest BCUT2D eigenvalue weighted by atomic mass is 10.1. The van der Waals surface area contributed by atoms with Gasteiger partial charge in [-0.15, -0.1) is 0 Å². The Morgan fingerprint density at radius 3 is 2.87 bits per heavy atom. The molecule has 0 atom stereocenters. The van der Waals surface area contributed by atoms with Crippen LogP contribution in [0.5, 0.6) is 0 Å². The first-order valence-electron chi connectivity index (χ1n) is 4.61. The van der Waals surface area contributed by atoms with Gasteiger partial charge in [-0.1, -0.05) is 22.0 Å². The normalized spacial score (nSPS) is 10.6. The molecule has 0 unspecified atom stereocenters. The SMILES string of the molecule is Cc1ccc(-c2nc(CN)co2)cc1Br. The van der Waals surface area contributed by atoms with Crippen molar-refractivity contribution in [2.75, 3.05) is 0 Å². The van der Waals surface area contributed by atoms with E-state index in [1.54, 1.807) is 6.26 Å². The van der Waals surface area contributed by atoms with Crippen molar-refractivity contribution < 1.29 is 4.42 Å². The highest BCUT2D eigenvalue weighted by Gasteiger charge is 2.06. The standard InChI is InChI=1S/C11H11BrN2O/c1-7-2-3-8(4-10(7)12)11-14-9(5-13)6-15-11/h2-4,6H,5,13H2,1H3. The third-order valence-electron chi connectivity index (χ3n) is 2.18.